The van der Waals surface area contributed by atoms with E-state index in [9.17, 15) is 10.1 Å². The van der Waals surface area contributed by atoms with Crippen molar-refractivity contribution in [2.24, 2.45) is 0 Å². The Hall–Kier alpha value is -1.06. The van der Waals surface area contributed by atoms with Gasteiger partial charge in [0.05, 0.1) is 4.92 Å². The molecular weight excluding hydrogens is 282 g/mol. The summed E-state index contributed by atoms with van der Waals surface area (Å²) in [6.07, 6.45) is -0.365. The fourth-order valence-electron chi connectivity index (χ4n) is 2.95. The van der Waals surface area contributed by atoms with E-state index in [1.807, 2.05) is 0 Å². The van der Waals surface area contributed by atoms with Gasteiger partial charge in [-0.3, -0.25) is 10.1 Å². The molecule has 0 aromatic carbocycles. The molecule has 0 spiro atoms. The summed E-state index contributed by atoms with van der Waals surface area (Å²) in [5, 5.41) is 10.5. The number of hydrogen-bond acceptors (Lipinski definition) is 7. The molecule has 0 saturated carbocycles. The van der Waals surface area contributed by atoms with Crippen molar-refractivity contribution in [3.63, 3.8) is 0 Å². The van der Waals surface area contributed by atoms with Crippen LogP contribution in [0, 0.1) is 10.1 Å². The average Bonchev–Trinajstić information content (AvgIpc) is 2.80. The van der Waals surface area contributed by atoms with Crippen LogP contribution in [-0.2, 0) is 23.7 Å². The Labute approximate surface area is 122 Å². The molecule has 3 fully saturated rings. The van der Waals surface area contributed by atoms with Crippen molar-refractivity contribution in [1.29, 1.82) is 0 Å². The number of hydrogen-bond donors (Lipinski definition) is 0. The maximum atomic E-state index is 10.5. The SMILES string of the molecule is CC1(C)O[C@@H]2O[C@@H](/C=C/[N+](=O)[O-])[C@H]3OC(C)(C)O[C@H]3[C@H]2O1. The zero-order valence-electron chi connectivity index (χ0n) is 12.3. The third-order valence-corrected chi connectivity index (χ3v) is 3.59. The van der Waals surface area contributed by atoms with Crippen molar-refractivity contribution in [3.05, 3.63) is 22.4 Å². The Bertz CT molecular complexity index is 475. The highest BCUT2D eigenvalue weighted by Gasteiger charge is 2.60. The molecule has 21 heavy (non-hydrogen) atoms. The highest BCUT2D eigenvalue weighted by atomic mass is 16.9. The first kappa shape index (κ1) is 14.9. The standard InChI is InChI=1S/C13H19NO7/c1-12(2)18-8-7(5-6-14(15)16)17-11-10(9(8)19-12)20-13(3,4)21-11/h5-11H,1-4H3/b6-5+/t7-,8+,9+,10+,11-/m0/s1. The van der Waals surface area contributed by atoms with Gasteiger partial charge in [0.15, 0.2) is 17.9 Å². The van der Waals surface area contributed by atoms with Crippen LogP contribution in [0.1, 0.15) is 27.7 Å². The molecule has 0 aliphatic carbocycles. The van der Waals surface area contributed by atoms with Crippen LogP contribution >= 0.6 is 0 Å². The van der Waals surface area contributed by atoms with Crippen molar-refractivity contribution < 1.29 is 28.6 Å². The summed E-state index contributed by atoms with van der Waals surface area (Å²) in [5.74, 6) is -1.60. The fourth-order valence-corrected chi connectivity index (χ4v) is 2.95. The van der Waals surface area contributed by atoms with Gasteiger partial charge < -0.3 is 23.7 Å². The number of nitro groups is 1. The molecule has 0 N–H and O–H groups in total. The van der Waals surface area contributed by atoms with Crippen LogP contribution in [0.15, 0.2) is 12.3 Å². The Morgan fingerprint density at radius 1 is 0.952 bits per heavy atom. The molecule has 0 radical (unpaired) electrons. The minimum atomic E-state index is -0.801. The van der Waals surface area contributed by atoms with Crippen LogP contribution in [0.3, 0.4) is 0 Å². The molecule has 3 saturated heterocycles. The van der Waals surface area contributed by atoms with E-state index in [-0.39, 0.29) is 0 Å². The largest absolute Gasteiger partial charge is 0.342 e. The normalized spacial score (nSPS) is 43.7. The second-order valence-corrected chi connectivity index (χ2v) is 6.26. The molecule has 8 nitrogen and oxygen atoms in total. The zero-order valence-corrected chi connectivity index (χ0v) is 12.3. The van der Waals surface area contributed by atoms with Crippen molar-refractivity contribution in [2.45, 2.75) is 70.0 Å². The molecule has 3 aliphatic heterocycles. The smallest absolute Gasteiger partial charge is 0.233 e. The zero-order chi connectivity index (χ0) is 15.4. The van der Waals surface area contributed by atoms with Crippen LogP contribution in [0.25, 0.3) is 0 Å². The average molecular weight is 301 g/mol. The molecule has 0 aromatic heterocycles. The lowest BCUT2D eigenvalue weighted by atomic mass is 9.99. The van der Waals surface area contributed by atoms with Crippen molar-refractivity contribution in [3.8, 4) is 0 Å². The molecule has 5 atom stereocenters. The lowest BCUT2D eigenvalue weighted by Gasteiger charge is -2.35. The molecule has 0 amide bonds. The van der Waals surface area contributed by atoms with E-state index in [2.05, 4.69) is 0 Å². The summed E-state index contributed by atoms with van der Waals surface area (Å²) in [5.41, 5.74) is 0. The van der Waals surface area contributed by atoms with Crippen molar-refractivity contribution in [1.82, 2.24) is 0 Å². The predicted octanol–water partition coefficient (Wildman–Crippen LogP) is 1.17. The lowest BCUT2D eigenvalue weighted by molar-refractivity contribution is -0.403. The maximum absolute atomic E-state index is 10.5. The van der Waals surface area contributed by atoms with Crippen LogP contribution in [-0.4, -0.2) is 47.2 Å². The second-order valence-electron chi connectivity index (χ2n) is 6.26. The van der Waals surface area contributed by atoms with E-state index in [0.29, 0.717) is 0 Å². The molecule has 3 heterocycles. The molecule has 0 aromatic rings. The lowest BCUT2D eigenvalue weighted by Crippen LogP contribution is -2.54. The van der Waals surface area contributed by atoms with Gasteiger partial charge in [0.1, 0.15) is 24.4 Å². The Kier molecular flexibility index (Phi) is 3.34. The van der Waals surface area contributed by atoms with Crippen LogP contribution in [0.5, 0.6) is 0 Å². The number of ether oxygens (including phenoxy) is 5. The van der Waals surface area contributed by atoms with E-state index in [1.54, 1.807) is 27.7 Å². The quantitative estimate of drug-likeness (QED) is 0.558. The van der Waals surface area contributed by atoms with Crippen LogP contribution in [0.2, 0.25) is 0 Å². The predicted molar refractivity (Wildman–Crippen MR) is 68.7 cm³/mol. The molecule has 8 heteroatoms. The summed E-state index contributed by atoms with van der Waals surface area (Å²) >= 11 is 0. The number of nitrogens with zero attached hydrogens (tertiary/aromatic N) is 1. The first-order valence-corrected chi connectivity index (χ1v) is 6.85. The molecule has 118 valence electrons. The van der Waals surface area contributed by atoms with E-state index in [1.165, 1.54) is 6.08 Å². The molecule has 3 aliphatic rings. The van der Waals surface area contributed by atoms with Crippen LogP contribution < -0.4 is 0 Å². The third-order valence-electron chi connectivity index (χ3n) is 3.59. The fraction of sp³-hybridized carbons (Fsp3) is 0.846. The van der Waals surface area contributed by atoms with Gasteiger partial charge in [-0.1, -0.05) is 0 Å². The Balaban J connectivity index is 1.86. The van der Waals surface area contributed by atoms with E-state index in [4.69, 9.17) is 23.7 Å². The monoisotopic (exact) mass is 301 g/mol. The van der Waals surface area contributed by atoms with E-state index < -0.39 is 47.2 Å². The summed E-state index contributed by atoms with van der Waals surface area (Å²) in [4.78, 5) is 9.99. The van der Waals surface area contributed by atoms with Gasteiger partial charge in [-0.05, 0) is 27.7 Å². The topological polar surface area (TPSA) is 89.3 Å². The Morgan fingerprint density at radius 2 is 1.52 bits per heavy atom. The van der Waals surface area contributed by atoms with E-state index in [0.717, 1.165) is 6.20 Å². The number of rotatable bonds is 2. The van der Waals surface area contributed by atoms with Gasteiger partial charge in [0, 0.05) is 6.08 Å². The van der Waals surface area contributed by atoms with Gasteiger partial charge in [-0.15, -0.1) is 0 Å². The Morgan fingerprint density at radius 3 is 2.19 bits per heavy atom. The third kappa shape index (κ3) is 2.82. The highest BCUT2D eigenvalue weighted by Crippen LogP contribution is 2.44. The summed E-state index contributed by atoms with van der Waals surface area (Å²) in [7, 11) is 0. The van der Waals surface area contributed by atoms with Crippen molar-refractivity contribution >= 4 is 0 Å². The van der Waals surface area contributed by atoms with Gasteiger partial charge in [0.2, 0.25) is 6.20 Å². The summed E-state index contributed by atoms with van der Waals surface area (Å²) in [6, 6.07) is 0. The van der Waals surface area contributed by atoms with Crippen LogP contribution in [0.4, 0.5) is 0 Å². The summed E-state index contributed by atoms with van der Waals surface area (Å²) in [6.45, 7) is 7.14. The molecule has 0 bridgehead atoms. The summed E-state index contributed by atoms with van der Waals surface area (Å²) < 4.78 is 29.0. The maximum Gasteiger partial charge on any atom is 0.233 e. The minimum Gasteiger partial charge on any atom is -0.342 e. The van der Waals surface area contributed by atoms with Gasteiger partial charge in [0.25, 0.3) is 0 Å². The molecular formula is C13H19NO7. The molecule has 0 unspecified atom stereocenters. The highest BCUT2D eigenvalue weighted by molar-refractivity contribution is 5.05. The number of fused-ring (bicyclic) bond motifs is 3. The van der Waals surface area contributed by atoms with Gasteiger partial charge in [-0.25, -0.2) is 0 Å². The van der Waals surface area contributed by atoms with Gasteiger partial charge in [-0.2, -0.15) is 0 Å². The van der Waals surface area contributed by atoms with Gasteiger partial charge >= 0.3 is 0 Å². The second kappa shape index (κ2) is 4.72. The first-order valence-electron chi connectivity index (χ1n) is 6.85. The molecule has 3 rings (SSSR count). The van der Waals surface area contributed by atoms with E-state index >= 15 is 0 Å². The first-order chi connectivity index (χ1) is 9.67. The van der Waals surface area contributed by atoms with Crippen molar-refractivity contribution in [2.75, 3.05) is 0 Å². The minimum absolute atomic E-state index is 0.401.